The Labute approximate surface area is 144 Å². The Morgan fingerprint density at radius 1 is 1.38 bits per heavy atom. The Bertz CT molecular complexity index is 736. The first-order valence-corrected chi connectivity index (χ1v) is 8.63. The van der Waals surface area contributed by atoms with Gasteiger partial charge in [-0.25, -0.2) is 0 Å². The van der Waals surface area contributed by atoms with Gasteiger partial charge >= 0.3 is 0 Å². The highest BCUT2D eigenvalue weighted by atomic mass is 32.1. The Hall–Kier alpha value is -2.12. The molecule has 2 amide bonds. The number of nitrogens with zero attached hydrogens (tertiary/aromatic N) is 1. The topological polar surface area (TPSA) is 71.8 Å². The minimum absolute atomic E-state index is 0.0301. The second kappa shape index (κ2) is 6.41. The summed E-state index contributed by atoms with van der Waals surface area (Å²) in [5, 5.41) is 5.07. The van der Waals surface area contributed by atoms with E-state index in [-0.39, 0.29) is 29.3 Å². The van der Waals surface area contributed by atoms with E-state index in [1.807, 2.05) is 20.8 Å². The lowest BCUT2D eigenvalue weighted by Gasteiger charge is -2.41. The van der Waals surface area contributed by atoms with Crippen molar-refractivity contribution in [1.82, 2.24) is 4.90 Å². The second-order valence-electron chi connectivity index (χ2n) is 6.47. The van der Waals surface area contributed by atoms with Gasteiger partial charge in [0.2, 0.25) is 0 Å². The van der Waals surface area contributed by atoms with Crippen LogP contribution in [-0.2, 0) is 4.74 Å². The molecule has 0 aromatic carbocycles. The molecule has 1 fully saturated rings. The molecule has 3 rings (SSSR count). The molecule has 128 valence electrons. The first-order chi connectivity index (χ1) is 11.4. The molecule has 0 spiro atoms. The van der Waals surface area contributed by atoms with Crippen LogP contribution in [0.1, 0.15) is 41.7 Å². The van der Waals surface area contributed by atoms with Crippen LogP contribution in [0.15, 0.2) is 34.3 Å². The lowest BCUT2D eigenvalue weighted by Crippen LogP contribution is -2.53. The summed E-state index contributed by atoms with van der Waals surface area (Å²) in [6, 6.07) is 4.96. The fourth-order valence-electron chi connectivity index (χ4n) is 2.93. The number of rotatable bonds is 3. The summed E-state index contributed by atoms with van der Waals surface area (Å²) in [7, 11) is 0. The Balaban J connectivity index is 1.77. The molecule has 2 aromatic heterocycles. The Morgan fingerprint density at radius 2 is 2.17 bits per heavy atom. The van der Waals surface area contributed by atoms with Gasteiger partial charge in [0, 0.05) is 13.1 Å². The maximum atomic E-state index is 12.9. The highest BCUT2D eigenvalue weighted by molar-refractivity contribution is 7.14. The first-order valence-electron chi connectivity index (χ1n) is 7.75. The summed E-state index contributed by atoms with van der Waals surface area (Å²) in [6.07, 6.45) is 1.41. The minimum atomic E-state index is -0.388. The van der Waals surface area contributed by atoms with Crippen molar-refractivity contribution in [2.24, 2.45) is 0 Å². The van der Waals surface area contributed by atoms with Crippen LogP contribution in [0.2, 0.25) is 0 Å². The van der Waals surface area contributed by atoms with Crippen LogP contribution in [-0.4, -0.2) is 41.5 Å². The van der Waals surface area contributed by atoms with E-state index in [4.69, 9.17) is 9.15 Å². The third-order valence-electron chi connectivity index (χ3n) is 3.72. The number of ether oxygens (including phenoxy) is 1. The van der Waals surface area contributed by atoms with Crippen molar-refractivity contribution < 1.29 is 18.7 Å². The average molecular weight is 348 g/mol. The summed E-state index contributed by atoms with van der Waals surface area (Å²) in [4.78, 5) is 26.8. The molecule has 1 N–H and O–H groups in total. The van der Waals surface area contributed by atoms with E-state index < -0.39 is 0 Å². The Kier molecular flexibility index (Phi) is 4.47. The van der Waals surface area contributed by atoms with Gasteiger partial charge in [-0.3, -0.25) is 9.59 Å². The van der Waals surface area contributed by atoms with Crippen molar-refractivity contribution in [3.05, 3.63) is 41.2 Å². The predicted molar refractivity (Wildman–Crippen MR) is 91.5 cm³/mol. The van der Waals surface area contributed by atoms with E-state index in [0.717, 1.165) is 0 Å². The SMILES string of the molecule is CC1CN(C(=O)c2ccsc2NC(=O)c2ccco2)CC(C)(C)O1. The lowest BCUT2D eigenvalue weighted by atomic mass is 10.0. The van der Waals surface area contributed by atoms with Crippen molar-refractivity contribution in [1.29, 1.82) is 0 Å². The zero-order chi connectivity index (χ0) is 17.3. The maximum Gasteiger partial charge on any atom is 0.291 e. The Morgan fingerprint density at radius 3 is 2.83 bits per heavy atom. The van der Waals surface area contributed by atoms with Gasteiger partial charge in [0.05, 0.1) is 23.5 Å². The van der Waals surface area contributed by atoms with Crippen LogP contribution in [0, 0.1) is 0 Å². The number of nitrogens with one attached hydrogen (secondary N) is 1. The van der Waals surface area contributed by atoms with E-state index >= 15 is 0 Å². The van der Waals surface area contributed by atoms with Crippen molar-refractivity contribution in [2.75, 3.05) is 18.4 Å². The number of thiophene rings is 1. The molecule has 1 aliphatic heterocycles. The molecule has 0 aliphatic carbocycles. The van der Waals surface area contributed by atoms with Crippen LogP contribution in [0.3, 0.4) is 0 Å². The van der Waals surface area contributed by atoms with Crippen LogP contribution in [0.4, 0.5) is 5.00 Å². The first kappa shape index (κ1) is 16.7. The quantitative estimate of drug-likeness (QED) is 0.924. The van der Waals surface area contributed by atoms with E-state index in [0.29, 0.717) is 23.7 Å². The van der Waals surface area contributed by atoms with Gasteiger partial charge in [0.15, 0.2) is 5.76 Å². The normalized spacial score (nSPS) is 20.0. The fraction of sp³-hybridized carbons (Fsp3) is 0.412. The monoisotopic (exact) mass is 348 g/mol. The summed E-state index contributed by atoms with van der Waals surface area (Å²) in [5.74, 6) is -0.260. The lowest BCUT2D eigenvalue weighted by molar-refractivity contribution is -0.118. The summed E-state index contributed by atoms with van der Waals surface area (Å²) in [6.45, 7) is 6.93. The van der Waals surface area contributed by atoms with Crippen molar-refractivity contribution >= 4 is 28.2 Å². The molecule has 1 atom stereocenters. The van der Waals surface area contributed by atoms with Crippen LogP contribution in [0.5, 0.6) is 0 Å². The number of hydrogen-bond donors (Lipinski definition) is 1. The highest BCUT2D eigenvalue weighted by Gasteiger charge is 2.35. The molecule has 0 saturated carbocycles. The maximum absolute atomic E-state index is 12.9. The van der Waals surface area contributed by atoms with E-state index in [1.54, 1.807) is 28.5 Å². The number of carbonyl (C=O) groups is 2. The summed E-state index contributed by atoms with van der Waals surface area (Å²) >= 11 is 1.32. The molecule has 2 aromatic rings. The molecular formula is C17H20N2O4S. The van der Waals surface area contributed by atoms with Gasteiger partial charge in [0.25, 0.3) is 11.8 Å². The predicted octanol–water partition coefficient (Wildman–Crippen LogP) is 3.23. The zero-order valence-electron chi connectivity index (χ0n) is 13.9. The third kappa shape index (κ3) is 3.52. The number of amides is 2. The van der Waals surface area contributed by atoms with Gasteiger partial charge in [-0.2, -0.15) is 0 Å². The number of hydrogen-bond acceptors (Lipinski definition) is 5. The number of morpholine rings is 1. The largest absolute Gasteiger partial charge is 0.459 e. The van der Waals surface area contributed by atoms with Gasteiger partial charge in [0.1, 0.15) is 5.00 Å². The smallest absolute Gasteiger partial charge is 0.291 e. The van der Waals surface area contributed by atoms with Gasteiger partial charge in [-0.1, -0.05) is 0 Å². The molecule has 1 aliphatic rings. The molecule has 24 heavy (non-hydrogen) atoms. The average Bonchev–Trinajstić information content (AvgIpc) is 3.15. The third-order valence-corrected chi connectivity index (χ3v) is 4.55. The van der Waals surface area contributed by atoms with E-state index in [1.165, 1.54) is 17.6 Å². The van der Waals surface area contributed by atoms with E-state index in [2.05, 4.69) is 5.32 Å². The van der Waals surface area contributed by atoms with Crippen LogP contribution < -0.4 is 5.32 Å². The van der Waals surface area contributed by atoms with E-state index in [9.17, 15) is 9.59 Å². The van der Waals surface area contributed by atoms with Crippen molar-refractivity contribution in [3.63, 3.8) is 0 Å². The second-order valence-corrected chi connectivity index (χ2v) is 7.38. The molecule has 0 bridgehead atoms. The number of anilines is 1. The molecule has 7 heteroatoms. The molecule has 1 saturated heterocycles. The number of furan rings is 1. The van der Waals surface area contributed by atoms with Gasteiger partial charge < -0.3 is 19.4 Å². The fourth-order valence-corrected chi connectivity index (χ4v) is 3.70. The minimum Gasteiger partial charge on any atom is -0.459 e. The molecule has 0 radical (unpaired) electrons. The molecule has 3 heterocycles. The molecule has 6 nitrogen and oxygen atoms in total. The number of carbonyl (C=O) groups excluding carboxylic acids is 2. The van der Waals surface area contributed by atoms with Crippen LogP contribution >= 0.6 is 11.3 Å². The standard InChI is InChI=1S/C17H20N2O4S/c1-11-9-19(10-17(2,3)23-11)16(21)12-6-8-24-15(12)18-14(20)13-5-4-7-22-13/h4-8,11H,9-10H2,1-3H3,(H,18,20). The highest BCUT2D eigenvalue weighted by Crippen LogP contribution is 2.28. The van der Waals surface area contributed by atoms with Crippen molar-refractivity contribution in [3.8, 4) is 0 Å². The molecular weight excluding hydrogens is 328 g/mol. The van der Waals surface area contributed by atoms with Gasteiger partial charge in [-0.05, 0) is 44.4 Å². The molecule has 1 unspecified atom stereocenters. The summed E-state index contributed by atoms with van der Waals surface area (Å²) in [5.41, 5.74) is 0.103. The van der Waals surface area contributed by atoms with Gasteiger partial charge in [-0.15, -0.1) is 11.3 Å². The van der Waals surface area contributed by atoms with Crippen LogP contribution in [0.25, 0.3) is 0 Å². The summed E-state index contributed by atoms with van der Waals surface area (Å²) < 4.78 is 10.9. The van der Waals surface area contributed by atoms with Crippen molar-refractivity contribution in [2.45, 2.75) is 32.5 Å². The zero-order valence-corrected chi connectivity index (χ0v) is 14.7.